The van der Waals surface area contributed by atoms with Crippen LogP contribution in [0.5, 0.6) is 0 Å². The number of carbonyl (C=O) groups excluding carboxylic acids is 2. The van der Waals surface area contributed by atoms with Gasteiger partial charge >= 0.3 is 11.8 Å². The lowest BCUT2D eigenvalue weighted by Crippen LogP contribution is -2.42. The van der Waals surface area contributed by atoms with E-state index in [1.807, 2.05) is 26.0 Å². The number of benzene rings is 1. The molecule has 0 spiro atoms. The Bertz CT molecular complexity index is 414. The molecular weight excluding hydrogens is 252 g/mol. The van der Waals surface area contributed by atoms with E-state index >= 15 is 0 Å². The van der Waals surface area contributed by atoms with Crippen molar-refractivity contribution in [1.29, 1.82) is 0 Å². The first-order valence-electron chi connectivity index (χ1n) is 5.90. The zero-order valence-electron chi connectivity index (χ0n) is 10.6. The van der Waals surface area contributed by atoms with Crippen LogP contribution < -0.4 is 5.32 Å². The topological polar surface area (TPSA) is 49.4 Å². The van der Waals surface area contributed by atoms with E-state index in [1.165, 1.54) is 4.90 Å². The Morgan fingerprint density at radius 3 is 2.22 bits per heavy atom. The third kappa shape index (κ3) is 4.04. The fourth-order valence-electron chi connectivity index (χ4n) is 1.51. The Labute approximate surface area is 112 Å². The van der Waals surface area contributed by atoms with Crippen LogP contribution in [0, 0.1) is 0 Å². The molecule has 0 saturated carbocycles. The van der Waals surface area contributed by atoms with Crippen molar-refractivity contribution in [2.75, 3.05) is 13.1 Å². The smallest absolute Gasteiger partial charge is 0.311 e. The minimum absolute atomic E-state index is 0.322. The first-order chi connectivity index (χ1) is 8.58. The molecule has 0 aliphatic rings. The van der Waals surface area contributed by atoms with Gasteiger partial charge in [-0.1, -0.05) is 23.7 Å². The van der Waals surface area contributed by atoms with Gasteiger partial charge < -0.3 is 10.2 Å². The van der Waals surface area contributed by atoms with E-state index in [9.17, 15) is 9.59 Å². The summed E-state index contributed by atoms with van der Waals surface area (Å²) in [4.78, 5) is 24.8. The van der Waals surface area contributed by atoms with Gasteiger partial charge in [0.2, 0.25) is 0 Å². The highest BCUT2D eigenvalue weighted by Gasteiger charge is 2.18. The van der Waals surface area contributed by atoms with E-state index < -0.39 is 11.8 Å². The number of likely N-dealkylation sites (N-methyl/N-ethyl adjacent to an activating group) is 1. The Morgan fingerprint density at radius 1 is 1.17 bits per heavy atom. The van der Waals surface area contributed by atoms with E-state index in [0.717, 1.165) is 5.56 Å². The van der Waals surface area contributed by atoms with Gasteiger partial charge in [-0.2, -0.15) is 0 Å². The van der Waals surface area contributed by atoms with Gasteiger partial charge in [0.1, 0.15) is 0 Å². The highest BCUT2D eigenvalue weighted by atomic mass is 35.5. The second kappa shape index (κ2) is 7.01. The van der Waals surface area contributed by atoms with Crippen molar-refractivity contribution in [1.82, 2.24) is 10.2 Å². The minimum Gasteiger partial charge on any atom is -0.344 e. The van der Waals surface area contributed by atoms with Crippen molar-refractivity contribution in [3.8, 4) is 0 Å². The average molecular weight is 269 g/mol. The van der Waals surface area contributed by atoms with E-state index in [4.69, 9.17) is 11.6 Å². The van der Waals surface area contributed by atoms with Gasteiger partial charge in [-0.3, -0.25) is 9.59 Å². The number of nitrogens with zero attached hydrogens (tertiary/aromatic N) is 1. The van der Waals surface area contributed by atoms with Gasteiger partial charge in [-0.15, -0.1) is 0 Å². The molecule has 0 aliphatic carbocycles. The number of halogens is 1. The maximum Gasteiger partial charge on any atom is 0.311 e. The van der Waals surface area contributed by atoms with Crippen molar-refractivity contribution in [2.45, 2.75) is 20.4 Å². The molecule has 5 heteroatoms. The quantitative estimate of drug-likeness (QED) is 0.847. The monoisotopic (exact) mass is 268 g/mol. The molecule has 0 radical (unpaired) electrons. The molecule has 0 aromatic heterocycles. The fourth-order valence-corrected chi connectivity index (χ4v) is 1.64. The Morgan fingerprint density at radius 2 is 1.72 bits per heavy atom. The number of nitrogens with one attached hydrogen (secondary N) is 1. The number of rotatable bonds is 4. The SMILES string of the molecule is CCN(CC)C(=O)C(=O)NCc1ccc(Cl)cc1. The predicted molar refractivity (Wildman–Crippen MR) is 71.2 cm³/mol. The van der Waals surface area contributed by atoms with Crippen LogP contribution in [0.25, 0.3) is 0 Å². The molecule has 0 fully saturated rings. The molecule has 0 saturated heterocycles. The van der Waals surface area contributed by atoms with E-state index in [-0.39, 0.29) is 0 Å². The molecule has 4 nitrogen and oxygen atoms in total. The van der Waals surface area contributed by atoms with Gasteiger partial charge in [0, 0.05) is 24.7 Å². The summed E-state index contributed by atoms with van der Waals surface area (Å²) in [6.45, 7) is 5.07. The molecular formula is C13H17ClN2O2. The molecule has 0 heterocycles. The normalized spacial score (nSPS) is 9.94. The molecule has 1 aromatic carbocycles. The zero-order valence-corrected chi connectivity index (χ0v) is 11.3. The number of hydrogen-bond donors (Lipinski definition) is 1. The van der Waals surface area contributed by atoms with Crippen molar-refractivity contribution in [2.24, 2.45) is 0 Å². The van der Waals surface area contributed by atoms with Crippen LogP contribution in [0.1, 0.15) is 19.4 Å². The van der Waals surface area contributed by atoms with Gasteiger partial charge in [0.05, 0.1) is 0 Å². The largest absolute Gasteiger partial charge is 0.344 e. The third-order valence-electron chi connectivity index (χ3n) is 2.61. The van der Waals surface area contributed by atoms with Crippen LogP contribution in [-0.2, 0) is 16.1 Å². The first kappa shape index (κ1) is 14.5. The molecule has 1 aromatic rings. The van der Waals surface area contributed by atoms with Gasteiger partial charge in [0.25, 0.3) is 0 Å². The standard InChI is InChI=1S/C13H17ClN2O2/c1-3-16(4-2)13(18)12(17)15-9-10-5-7-11(14)8-6-10/h5-8H,3-4,9H2,1-2H3,(H,15,17). The summed E-state index contributed by atoms with van der Waals surface area (Å²) in [5.74, 6) is -1.07. The number of amides is 2. The Hall–Kier alpha value is -1.55. The van der Waals surface area contributed by atoms with Gasteiger partial charge in [0.15, 0.2) is 0 Å². The Balaban J connectivity index is 2.50. The molecule has 0 unspecified atom stereocenters. The summed E-state index contributed by atoms with van der Waals surface area (Å²) < 4.78 is 0. The molecule has 0 atom stereocenters. The second-order valence-corrected chi connectivity index (χ2v) is 4.22. The van der Waals surface area contributed by atoms with Crippen molar-refractivity contribution < 1.29 is 9.59 Å². The summed E-state index contributed by atoms with van der Waals surface area (Å²) >= 11 is 5.76. The number of hydrogen-bond acceptors (Lipinski definition) is 2. The summed E-state index contributed by atoms with van der Waals surface area (Å²) in [5, 5.41) is 3.24. The second-order valence-electron chi connectivity index (χ2n) is 3.79. The molecule has 1 N–H and O–H groups in total. The molecule has 98 valence electrons. The van der Waals surface area contributed by atoms with E-state index in [2.05, 4.69) is 5.32 Å². The molecule has 0 bridgehead atoms. The van der Waals surface area contributed by atoms with Gasteiger partial charge in [-0.05, 0) is 31.5 Å². The highest BCUT2D eigenvalue weighted by Crippen LogP contribution is 2.09. The highest BCUT2D eigenvalue weighted by molar-refractivity contribution is 6.35. The molecule has 2 amide bonds. The molecule has 1 rings (SSSR count). The van der Waals surface area contributed by atoms with Crippen LogP contribution in [0.3, 0.4) is 0 Å². The maximum atomic E-state index is 11.7. The van der Waals surface area contributed by atoms with Crippen LogP contribution in [0.2, 0.25) is 5.02 Å². The molecule has 0 aliphatic heterocycles. The van der Waals surface area contributed by atoms with Crippen LogP contribution >= 0.6 is 11.6 Å². The van der Waals surface area contributed by atoms with Gasteiger partial charge in [-0.25, -0.2) is 0 Å². The predicted octanol–water partition coefficient (Wildman–Crippen LogP) is 1.82. The summed E-state index contributed by atoms with van der Waals surface area (Å²) in [7, 11) is 0. The lowest BCUT2D eigenvalue weighted by Gasteiger charge is -2.17. The van der Waals surface area contributed by atoms with Crippen molar-refractivity contribution >= 4 is 23.4 Å². The van der Waals surface area contributed by atoms with Crippen molar-refractivity contribution in [3.05, 3.63) is 34.9 Å². The first-order valence-corrected chi connectivity index (χ1v) is 6.27. The van der Waals surface area contributed by atoms with E-state index in [1.54, 1.807) is 12.1 Å². The fraction of sp³-hybridized carbons (Fsp3) is 0.385. The van der Waals surface area contributed by atoms with E-state index in [0.29, 0.717) is 24.7 Å². The summed E-state index contributed by atoms with van der Waals surface area (Å²) in [6.07, 6.45) is 0. The lowest BCUT2D eigenvalue weighted by molar-refractivity contribution is -0.145. The molecule has 18 heavy (non-hydrogen) atoms. The van der Waals surface area contributed by atoms with Crippen LogP contribution in [0.4, 0.5) is 0 Å². The summed E-state index contributed by atoms with van der Waals surface area (Å²) in [6, 6.07) is 7.11. The lowest BCUT2D eigenvalue weighted by atomic mass is 10.2. The van der Waals surface area contributed by atoms with Crippen molar-refractivity contribution in [3.63, 3.8) is 0 Å². The Kier molecular flexibility index (Phi) is 5.65. The average Bonchev–Trinajstić information content (AvgIpc) is 2.39. The maximum absolute atomic E-state index is 11.7. The minimum atomic E-state index is -0.575. The van der Waals surface area contributed by atoms with Crippen LogP contribution in [-0.4, -0.2) is 29.8 Å². The third-order valence-corrected chi connectivity index (χ3v) is 2.86. The van der Waals surface area contributed by atoms with Crippen LogP contribution in [0.15, 0.2) is 24.3 Å². The zero-order chi connectivity index (χ0) is 13.5. The summed E-state index contributed by atoms with van der Waals surface area (Å²) in [5.41, 5.74) is 0.903. The number of carbonyl (C=O) groups is 2.